The summed E-state index contributed by atoms with van der Waals surface area (Å²) in [6.45, 7) is 7.43. The molecule has 0 amide bonds. The average Bonchev–Trinajstić information content (AvgIpc) is 2.51. The maximum Gasteiger partial charge on any atom is 0.169 e. The molecule has 0 aromatic heterocycles. The number of rotatable bonds is 6. The minimum atomic E-state index is -0.328. The molecule has 2 aliphatic heterocycles. The molecule has 3 aliphatic rings. The highest BCUT2D eigenvalue weighted by Gasteiger charge is 2.44. The molecule has 1 saturated heterocycles. The van der Waals surface area contributed by atoms with E-state index in [2.05, 4.69) is 36.1 Å². The third kappa shape index (κ3) is 4.07. The van der Waals surface area contributed by atoms with Crippen LogP contribution in [0.3, 0.4) is 0 Å². The summed E-state index contributed by atoms with van der Waals surface area (Å²) in [6.07, 6.45) is 7.90. The molecule has 2 fully saturated rings. The Kier molecular flexibility index (Phi) is 5.75. The fourth-order valence-corrected chi connectivity index (χ4v) is 4.28. The van der Waals surface area contributed by atoms with Crippen molar-refractivity contribution in [2.75, 3.05) is 33.7 Å². The van der Waals surface area contributed by atoms with E-state index >= 15 is 0 Å². The summed E-state index contributed by atoms with van der Waals surface area (Å²) in [6, 6.07) is 0. The van der Waals surface area contributed by atoms with Crippen molar-refractivity contribution in [3.05, 3.63) is 11.8 Å². The Labute approximate surface area is 146 Å². The first-order valence-electron chi connectivity index (χ1n) is 9.47. The maximum atomic E-state index is 6.21. The van der Waals surface area contributed by atoms with Crippen LogP contribution in [-0.4, -0.2) is 62.3 Å². The summed E-state index contributed by atoms with van der Waals surface area (Å²) in [5.74, 6) is 0.249. The SMILES string of the molecule is CNCCN(C)CC1=CN=C1C1CCC2(CC1)O[C@H](C)C[C@H](C)O2. The summed E-state index contributed by atoms with van der Waals surface area (Å²) in [4.78, 5) is 6.96. The predicted molar refractivity (Wildman–Crippen MR) is 97.3 cm³/mol. The van der Waals surface area contributed by atoms with E-state index in [4.69, 9.17) is 9.47 Å². The van der Waals surface area contributed by atoms with Crippen molar-refractivity contribution in [1.82, 2.24) is 10.2 Å². The summed E-state index contributed by atoms with van der Waals surface area (Å²) >= 11 is 0. The van der Waals surface area contributed by atoms with Crippen LogP contribution >= 0.6 is 0 Å². The maximum absolute atomic E-state index is 6.21. The standard InChI is InChI=1S/C19H33N3O2/c1-14-11-15(2)24-19(23-14)7-5-16(6-8-19)18-17(12-21-18)13-22(4)10-9-20-3/h12,14-16,20H,5-11,13H2,1-4H3/t14-,15+,16?,19?. The second-order valence-corrected chi connectivity index (χ2v) is 7.79. The van der Waals surface area contributed by atoms with Gasteiger partial charge in [0.2, 0.25) is 0 Å². The molecular formula is C19H33N3O2. The molecular weight excluding hydrogens is 302 g/mol. The molecule has 1 aliphatic carbocycles. The summed E-state index contributed by atoms with van der Waals surface area (Å²) in [7, 11) is 4.18. The van der Waals surface area contributed by atoms with Gasteiger partial charge >= 0.3 is 0 Å². The number of nitrogens with one attached hydrogen (secondary N) is 1. The first kappa shape index (κ1) is 18.1. The van der Waals surface area contributed by atoms with Gasteiger partial charge in [-0.05, 0) is 47.2 Å². The van der Waals surface area contributed by atoms with Crippen LogP contribution in [0.15, 0.2) is 16.8 Å². The van der Waals surface area contributed by atoms with Crippen molar-refractivity contribution in [3.8, 4) is 0 Å². The summed E-state index contributed by atoms with van der Waals surface area (Å²) < 4.78 is 12.4. The van der Waals surface area contributed by atoms with Crippen molar-refractivity contribution in [2.45, 2.75) is 63.9 Å². The normalized spacial score (nSPS) is 36.5. The number of hydrogen-bond donors (Lipinski definition) is 1. The zero-order valence-electron chi connectivity index (χ0n) is 15.7. The van der Waals surface area contributed by atoms with E-state index in [1.807, 2.05) is 13.2 Å². The van der Waals surface area contributed by atoms with Gasteiger partial charge in [0, 0.05) is 55.9 Å². The predicted octanol–water partition coefficient (Wildman–Crippen LogP) is 2.58. The molecule has 0 bridgehead atoms. The van der Waals surface area contributed by atoms with Crippen LogP contribution in [0, 0.1) is 5.92 Å². The van der Waals surface area contributed by atoms with Gasteiger partial charge in [0.1, 0.15) is 0 Å². The van der Waals surface area contributed by atoms with Gasteiger partial charge in [-0.15, -0.1) is 0 Å². The number of aliphatic imine (C=N–C) groups is 1. The van der Waals surface area contributed by atoms with Gasteiger partial charge in [0.25, 0.3) is 0 Å². The molecule has 136 valence electrons. The minimum Gasteiger partial charge on any atom is -0.347 e. The topological polar surface area (TPSA) is 46.1 Å². The summed E-state index contributed by atoms with van der Waals surface area (Å²) in [5.41, 5.74) is 2.75. The molecule has 2 heterocycles. The zero-order chi connectivity index (χ0) is 17.2. The van der Waals surface area contributed by atoms with Crippen molar-refractivity contribution >= 4 is 5.71 Å². The highest BCUT2D eigenvalue weighted by Crippen LogP contribution is 2.42. The lowest BCUT2D eigenvalue weighted by Gasteiger charge is -2.47. The van der Waals surface area contributed by atoms with Gasteiger partial charge < -0.3 is 19.7 Å². The van der Waals surface area contributed by atoms with Crippen molar-refractivity contribution in [1.29, 1.82) is 0 Å². The Morgan fingerprint density at radius 3 is 2.46 bits per heavy atom. The molecule has 5 nitrogen and oxygen atoms in total. The van der Waals surface area contributed by atoms with E-state index in [0.29, 0.717) is 18.1 Å². The molecule has 1 spiro atoms. The molecule has 2 atom stereocenters. The minimum absolute atomic E-state index is 0.308. The second kappa shape index (κ2) is 7.65. The molecule has 1 saturated carbocycles. The van der Waals surface area contributed by atoms with E-state index in [1.165, 1.54) is 11.3 Å². The van der Waals surface area contributed by atoms with Gasteiger partial charge in [-0.1, -0.05) is 0 Å². The lowest BCUT2D eigenvalue weighted by Crippen LogP contribution is -2.50. The number of nitrogens with zero attached hydrogens (tertiary/aromatic N) is 2. The average molecular weight is 335 g/mol. The fraction of sp³-hybridized carbons (Fsp3) is 0.842. The lowest BCUT2D eigenvalue weighted by molar-refractivity contribution is -0.323. The van der Waals surface area contributed by atoms with Gasteiger partial charge in [-0.2, -0.15) is 0 Å². The van der Waals surface area contributed by atoms with Gasteiger partial charge in [-0.3, -0.25) is 4.99 Å². The Bertz CT molecular complexity index is 483. The highest BCUT2D eigenvalue weighted by molar-refractivity contribution is 6.06. The molecule has 24 heavy (non-hydrogen) atoms. The van der Waals surface area contributed by atoms with Crippen LogP contribution in [0.1, 0.15) is 46.0 Å². The third-order valence-corrected chi connectivity index (χ3v) is 5.50. The van der Waals surface area contributed by atoms with Crippen LogP contribution in [-0.2, 0) is 9.47 Å². The third-order valence-electron chi connectivity index (χ3n) is 5.50. The van der Waals surface area contributed by atoms with Crippen LogP contribution < -0.4 is 5.32 Å². The molecule has 5 heteroatoms. The number of likely N-dealkylation sites (N-methyl/N-ethyl adjacent to an activating group) is 2. The number of ether oxygens (including phenoxy) is 2. The monoisotopic (exact) mass is 335 g/mol. The molecule has 0 unspecified atom stereocenters. The molecule has 0 radical (unpaired) electrons. The van der Waals surface area contributed by atoms with E-state index in [1.54, 1.807) is 0 Å². The second-order valence-electron chi connectivity index (χ2n) is 7.79. The van der Waals surface area contributed by atoms with Crippen LogP contribution in [0.2, 0.25) is 0 Å². The van der Waals surface area contributed by atoms with E-state index in [0.717, 1.165) is 51.7 Å². The molecule has 1 N–H and O–H groups in total. The molecule has 0 aromatic rings. The quantitative estimate of drug-likeness (QED) is 0.810. The largest absolute Gasteiger partial charge is 0.347 e. The highest BCUT2D eigenvalue weighted by atomic mass is 16.7. The number of hydrogen-bond acceptors (Lipinski definition) is 5. The molecule has 3 rings (SSSR count). The first-order valence-corrected chi connectivity index (χ1v) is 9.47. The summed E-state index contributed by atoms with van der Waals surface area (Å²) in [5, 5.41) is 3.20. The first-order chi connectivity index (χ1) is 11.5. The zero-order valence-corrected chi connectivity index (χ0v) is 15.7. The fourth-order valence-electron chi connectivity index (χ4n) is 4.28. The van der Waals surface area contributed by atoms with Crippen molar-refractivity contribution in [3.63, 3.8) is 0 Å². The van der Waals surface area contributed by atoms with Crippen LogP contribution in [0.25, 0.3) is 0 Å². The molecule has 0 aromatic carbocycles. The Morgan fingerprint density at radius 2 is 1.92 bits per heavy atom. The van der Waals surface area contributed by atoms with Gasteiger partial charge in [0.15, 0.2) is 5.79 Å². The van der Waals surface area contributed by atoms with E-state index < -0.39 is 0 Å². The smallest absolute Gasteiger partial charge is 0.169 e. The van der Waals surface area contributed by atoms with Crippen molar-refractivity contribution in [2.24, 2.45) is 10.9 Å². The van der Waals surface area contributed by atoms with E-state index in [9.17, 15) is 0 Å². The Morgan fingerprint density at radius 1 is 1.25 bits per heavy atom. The Balaban J connectivity index is 1.49. The van der Waals surface area contributed by atoms with Gasteiger partial charge in [-0.25, -0.2) is 0 Å². The van der Waals surface area contributed by atoms with Crippen LogP contribution in [0.5, 0.6) is 0 Å². The van der Waals surface area contributed by atoms with Gasteiger partial charge in [0.05, 0.1) is 12.2 Å². The van der Waals surface area contributed by atoms with Crippen LogP contribution in [0.4, 0.5) is 0 Å². The Hall–Kier alpha value is -0.750. The van der Waals surface area contributed by atoms with E-state index in [-0.39, 0.29) is 5.79 Å². The lowest BCUT2D eigenvalue weighted by atomic mass is 9.78. The van der Waals surface area contributed by atoms with Crippen molar-refractivity contribution < 1.29 is 9.47 Å².